The maximum atomic E-state index is 12.4. The van der Waals surface area contributed by atoms with E-state index in [-0.39, 0.29) is 17.2 Å². The van der Waals surface area contributed by atoms with Gasteiger partial charge in [-0.2, -0.15) is 0 Å². The Kier molecular flexibility index (Phi) is 4.33. The van der Waals surface area contributed by atoms with Gasteiger partial charge in [-0.15, -0.1) is 0 Å². The van der Waals surface area contributed by atoms with Crippen molar-refractivity contribution in [3.8, 4) is 0 Å². The lowest BCUT2D eigenvalue weighted by Crippen LogP contribution is -2.45. The summed E-state index contributed by atoms with van der Waals surface area (Å²) in [7, 11) is 0. The van der Waals surface area contributed by atoms with Gasteiger partial charge in [-0.25, -0.2) is 0 Å². The Morgan fingerprint density at radius 2 is 2.32 bits per heavy atom. The summed E-state index contributed by atoms with van der Waals surface area (Å²) >= 11 is 0. The van der Waals surface area contributed by atoms with Crippen LogP contribution in [0.3, 0.4) is 0 Å². The Morgan fingerprint density at radius 1 is 1.53 bits per heavy atom. The number of amides is 1. The molecule has 2 rings (SSSR count). The summed E-state index contributed by atoms with van der Waals surface area (Å²) in [6.07, 6.45) is 5.99. The lowest BCUT2D eigenvalue weighted by atomic mass is 9.64. The molecule has 0 spiro atoms. The molecule has 2 unspecified atom stereocenters. The van der Waals surface area contributed by atoms with Gasteiger partial charge in [0.15, 0.2) is 0 Å². The first kappa shape index (κ1) is 14.2. The third kappa shape index (κ3) is 3.40. The molecule has 106 valence electrons. The van der Waals surface area contributed by atoms with E-state index in [1.807, 2.05) is 12.1 Å². The minimum atomic E-state index is 0.117. The standard InChI is InChI=1S/C16H25NO2/c1-12-6-4-9-16(2,3)14(12)15(18)17-10-8-13-7-5-11-19-13/h5,7,11-12,14H,4,6,8-10H2,1-3H3,(H,17,18). The maximum absolute atomic E-state index is 12.4. The van der Waals surface area contributed by atoms with Crippen molar-refractivity contribution >= 4 is 5.91 Å². The largest absolute Gasteiger partial charge is 0.469 e. The first-order valence-electron chi connectivity index (χ1n) is 7.31. The molecular formula is C16H25NO2. The van der Waals surface area contributed by atoms with E-state index in [9.17, 15) is 4.79 Å². The molecule has 1 aromatic rings. The van der Waals surface area contributed by atoms with E-state index in [1.165, 1.54) is 12.8 Å². The molecular weight excluding hydrogens is 238 g/mol. The van der Waals surface area contributed by atoms with Crippen LogP contribution in [0.15, 0.2) is 22.8 Å². The number of rotatable bonds is 4. The van der Waals surface area contributed by atoms with Crippen LogP contribution in [-0.2, 0) is 11.2 Å². The fourth-order valence-electron chi connectivity index (χ4n) is 3.46. The maximum Gasteiger partial charge on any atom is 0.223 e. The van der Waals surface area contributed by atoms with Crippen molar-refractivity contribution in [2.75, 3.05) is 6.54 Å². The zero-order valence-electron chi connectivity index (χ0n) is 12.2. The van der Waals surface area contributed by atoms with E-state index in [4.69, 9.17) is 4.42 Å². The minimum absolute atomic E-state index is 0.117. The van der Waals surface area contributed by atoms with Crippen LogP contribution in [-0.4, -0.2) is 12.5 Å². The Hall–Kier alpha value is -1.25. The summed E-state index contributed by atoms with van der Waals surface area (Å²) in [5, 5.41) is 3.08. The number of hydrogen-bond acceptors (Lipinski definition) is 2. The van der Waals surface area contributed by atoms with Crippen molar-refractivity contribution in [1.82, 2.24) is 5.32 Å². The molecule has 1 saturated carbocycles. The molecule has 3 nitrogen and oxygen atoms in total. The highest BCUT2D eigenvalue weighted by Gasteiger charge is 2.41. The highest BCUT2D eigenvalue weighted by Crippen LogP contribution is 2.43. The number of carbonyl (C=O) groups excluding carboxylic acids is 1. The van der Waals surface area contributed by atoms with Gasteiger partial charge in [0.25, 0.3) is 0 Å². The predicted octanol–water partition coefficient (Wildman–Crippen LogP) is 3.40. The molecule has 1 aliphatic rings. The third-order valence-electron chi connectivity index (χ3n) is 4.42. The minimum Gasteiger partial charge on any atom is -0.469 e. The van der Waals surface area contributed by atoms with E-state index in [2.05, 4.69) is 26.1 Å². The third-order valence-corrected chi connectivity index (χ3v) is 4.42. The fourth-order valence-corrected chi connectivity index (χ4v) is 3.46. The van der Waals surface area contributed by atoms with Crippen molar-refractivity contribution in [1.29, 1.82) is 0 Å². The molecule has 0 saturated heterocycles. The fraction of sp³-hybridized carbons (Fsp3) is 0.688. The van der Waals surface area contributed by atoms with Gasteiger partial charge >= 0.3 is 0 Å². The summed E-state index contributed by atoms with van der Waals surface area (Å²) in [5.74, 6) is 1.75. The van der Waals surface area contributed by atoms with Crippen LogP contribution in [0, 0.1) is 17.3 Å². The van der Waals surface area contributed by atoms with Gasteiger partial charge < -0.3 is 9.73 Å². The second-order valence-corrected chi connectivity index (χ2v) is 6.46. The molecule has 0 radical (unpaired) electrons. The highest BCUT2D eigenvalue weighted by molar-refractivity contribution is 5.79. The van der Waals surface area contributed by atoms with Crippen molar-refractivity contribution < 1.29 is 9.21 Å². The van der Waals surface area contributed by atoms with Crippen LogP contribution in [0.5, 0.6) is 0 Å². The van der Waals surface area contributed by atoms with E-state index in [1.54, 1.807) is 6.26 Å². The quantitative estimate of drug-likeness (QED) is 0.904. The van der Waals surface area contributed by atoms with Crippen LogP contribution in [0.1, 0.15) is 45.8 Å². The van der Waals surface area contributed by atoms with Gasteiger partial charge in [-0.3, -0.25) is 4.79 Å². The lowest BCUT2D eigenvalue weighted by Gasteiger charge is -2.41. The number of carbonyl (C=O) groups is 1. The summed E-state index contributed by atoms with van der Waals surface area (Å²) < 4.78 is 5.27. The van der Waals surface area contributed by atoms with E-state index >= 15 is 0 Å². The topological polar surface area (TPSA) is 42.2 Å². The van der Waals surface area contributed by atoms with E-state index in [0.29, 0.717) is 12.5 Å². The average molecular weight is 263 g/mol. The molecule has 2 atom stereocenters. The summed E-state index contributed by atoms with van der Waals surface area (Å²) in [6, 6.07) is 3.82. The molecule has 1 aromatic heterocycles. The Bertz CT molecular complexity index is 408. The van der Waals surface area contributed by atoms with E-state index in [0.717, 1.165) is 18.6 Å². The lowest BCUT2D eigenvalue weighted by molar-refractivity contribution is -0.132. The number of nitrogens with one attached hydrogen (secondary N) is 1. The Labute approximate surface area is 115 Å². The van der Waals surface area contributed by atoms with E-state index < -0.39 is 0 Å². The first-order chi connectivity index (χ1) is 9.00. The van der Waals surface area contributed by atoms with Crippen molar-refractivity contribution in [3.05, 3.63) is 24.2 Å². The van der Waals surface area contributed by atoms with Crippen LogP contribution in [0.4, 0.5) is 0 Å². The second kappa shape index (κ2) is 5.81. The predicted molar refractivity (Wildman–Crippen MR) is 75.7 cm³/mol. The van der Waals surface area contributed by atoms with Gasteiger partial charge in [-0.05, 0) is 36.3 Å². The van der Waals surface area contributed by atoms with Crippen LogP contribution in [0.25, 0.3) is 0 Å². The molecule has 1 heterocycles. The monoisotopic (exact) mass is 263 g/mol. The SMILES string of the molecule is CC1CCCC(C)(C)C1C(=O)NCCc1ccco1. The second-order valence-electron chi connectivity index (χ2n) is 6.46. The molecule has 1 aliphatic carbocycles. The molecule has 1 N–H and O–H groups in total. The van der Waals surface area contributed by atoms with Crippen LogP contribution >= 0.6 is 0 Å². The van der Waals surface area contributed by atoms with Gasteiger partial charge in [-0.1, -0.05) is 27.2 Å². The molecule has 19 heavy (non-hydrogen) atoms. The van der Waals surface area contributed by atoms with Crippen molar-refractivity contribution in [3.63, 3.8) is 0 Å². The molecule has 0 aliphatic heterocycles. The Balaban J connectivity index is 1.87. The molecule has 1 amide bonds. The van der Waals surface area contributed by atoms with Gasteiger partial charge in [0.2, 0.25) is 5.91 Å². The van der Waals surface area contributed by atoms with Crippen molar-refractivity contribution in [2.24, 2.45) is 17.3 Å². The average Bonchev–Trinajstić information content (AvgIpc) is 2.80. The highest BCUT2D eigenvalue weighted by atomic mass is 16.3. The molecule has 3 heteroatoms. The van der Waals surface area contributed by atoms with Crippen LogP contribution < -0.4 is 5.32 Å². The molecule has 1 fully saturated rings. The normalized spacial score (nSPS) is 26.1. The Morgan fingerprint density at radius 3 is 2.95 bits per heavy atom. The van der Waals surface area contributed by atoms with Gasteiger partial charge in [0.05, 0.1) is 6.26 Å². The molecule has 0 bridgehead atoms. The summed E-state index contributed by atoms with van der Waals surface area (Å²) in [4.78, 5) is 12.4. The van der Waals surface area contributed by atoms with Gasteiger partial charge in [0, 0.05) is 18.9 Å². The van der Waals surface area contributed by atoms with Crippen LogP contribution in [0.2, 0.25) is 0 Å². The van der Waals surface area contributed by atoms with Crippen molar-refractivity contribution in [2.45, 2.75) is 46.5 Å². The summed E-state index contributed by atoms with van der Waals surface area (Å²) in [6.45, 7) is 7.31. The van der Waals surface area contributed by atoms with Gasteiger partial charge in [0.1, 0.15) is 5.76 Å². The first-order valence-corrected chi connectivity index (χ1v) is 7.31. The zero-order valence-corrected chi connectivity index (χ0v) is 12.2. The zero-order chi connectivity index (χ0) is 13.9. The number of hydrogen-bond donors (Lipinski definition) is 1. The summed E-state index contributed by atoms with van der Waals surface area (Å²) in [5.41, 5.74) is 0.117. The molecule has 0 aromatic carbocycles. The smallest absolute Gasteiger partial charge is 0.223 e. The number of furan rings is 1.